The molecule has 1 aliphatic rings. The van der Waals surface area contributed by atoms with Gasteiger partial charge in [0.2, 0.25) is 0 Å². The normalized spacial score (nSPS) is 24.6. The fraction of sp³-hybridized carbons (Fsp3) is 0.571. The predicted molar refractivity (Wildman–Crippen MR) is 70.0 cm³/mol. The highest BCUT2D eigenvalue weighted by Crippen LogP contribution is 2.34. The summed E-state index contributed by atoms with van der Waals surface area (Å²) in [7, 11) is -3.67. The third-order valence-electron chi connectivity index (χ3n) is 3.89. The Kier molecular flexibility index (Phi) is 4.14. The molecule has 6 heteroatoms. The van der Waals surface area contributed by atoms with Gasteiger partial charge in [0.15, 0.2) is 9.84 Å². The minimum atomic E-state index is -4.52. The summed E-state index contributed by atoms with van der Waals surface area (Å²) >= 11 is 0. The summed E-state index contributed by atoms with van der Waals surface area (Å²) in [4.78, 5) is -0.216. The highest BCUT2D eigenvalue weighted by molar-refractivity contribution is 7.92. The second-order valence-electron chi connectivity index (χ2n) is 5.45. The predicted octanol–water partition coefficient (Wildman–Crippen LogP) is 4.06. The number of sulfone groups is 1. The van der Waals surface area contributed by atoms with Crippen molar-refractivity contribution in [3.8, 4) is 0 Å². The van der Waals surface area contributed by atoms with Crippen LogP contribution in [0.25, 0.3) is 0 Å². The van der Waals surface area contributed by atoms with Crippen LogP contribution < -0.4 is 0 Å². The summed E-state index contributed by atoms with van der Waals surface area (Å²) in [5, 5.41) is -0.554. The molecule has 0 bridgehead atoms. The Bertz CT molecular complexity index is 570. The first-order valence-corrected chi connectivity index (χ1v) is 8.17. The summed E-state index contributed by atoms with van der Waals surface area (Å²) in [5.74, 6) is 0.489. The number of halogens is 3. The molecule has 0 spiro atoms. The smallest absolute Gasteiger partial charge is 0.223 e. The van der Waals surface area contributed by atoms with Gasteiger partial charge in [-0.05, 0) is 49.8 Å². The molecule has 2 nitrogen and oxygen atoms in total. The maximum atomic E-state index is 12.7. The number of alkyl halides is 3. The first-order valence-electron chi connectivity index (χ1n) is 6.62. The van der Waals surface area contributed by atoms with Crippen LogP contribution in [0, 0.1) is 5.92 Å². The lowest BCUT2D eigenvalue weighted by molar-refractivity contribution is -0.137. The van der Waals surface area contributed by atoms with E-state index in [1.54, 1.807) is 0 Å². The number of hydrogen-bond donors (Lipinski definition) is 0. The molecule has 2 rings (SSSR count). The molecule has 112 valence electrons. The van der Waals surface area contributed by atoms with E-state index in [-0.39, 0.29) is 4.90 Å². The van der Waals surface area contributed by atoms with Gasteiger partial charge in [0.1, 0.15) is 0 Å². The Morgan fingerprint density at radius 2 is 1.70 bits per heavy atom. The fourth-order valence-electron chi connectivity index (χ4n) is 2.58. The Morgan fingerprint density at radius 1 is 1.10 bits per heavy atom. The molecule has 1 aromatic carbocycles. The summed E-state index contributed by atoms with van der Waals surface area (Å²) < 4.78 is 62.8. The van der Waals surface area contributed by atoms with Crippen molar-refractivity contribution in [1.29, 1.82) is 0 Å². The van der Waals surface area contributed by atoms with E-state index in [1.165, 1.54) is 6.07 Å². The van der Waals surface area contributed by atoms with Crippen molar-refractivity contribution < 1.29 is 21.6 Å². The van der Waals surface area contributed by atoms with E-state index in [4.69, 9.17) is 0 Å². The second-order valence-corrected chi connectivity index (χ2v) is 7.68. The molecule has 0 aliphatic heterocycles. The maximum absolute atomic E-state index is 12.7. The molecule has 1 aliphatic carbocycles. The average Bonchev–Trinajstić information content (AvgIpc) is 2.38. The molecule has 20 heavy (non-hydrogen) atoms. The van der Waals surface area contributed by atoms with Crippen molar-refractivity contribution in [2.75, 3.05) is 0 Å². The molecule has 0 unspecified atom stereocenters. The van der Waals surface area contributed by atoms with Gasteiger partial charge < -0.3 is 0 Å². The highest BCUT2D eigenvalue weighted by atomic mass is 32.2. The Balaban J connectivity index is 2.30. The highest BCUT2D eigenvalue weighted by Gasteiger charge is 2.34. The van der Waals surface area contributed by atoms with Gasteiger partial charge in [0.25, 0.3) is 0 Å². The largest absolute Gasteiger partial charge is 0.416 e. The number of benzene rings is 1. The molecule has 0 radical (unpaired) electrons. The maximum Gasteiger partial charge on any atom is 0.416 e. The number of rotatable bonds is 2. The zero-order chi connectivity index (χ0) is 15.0. The summed E-state index contributed by atoms with van der Waals surface area (Å²) in [6, 6.07) is 4.04. The van der Waals surface area contributed by atoms with Crippen LogP contribution in [0.3, 0.4) is 0 Å². The van der Waals surface area contributed by atoms with Crippen molar-refractivity contribution in [2.45, 2.75) is 48.9 Å². The third kappa shape index (κ3) is 3.16. The van der Waals surface area contributed by atoms with E-state index >= 15 is 0 Å². The molecule has 0 atom stereocenters. The molecule has 0 amide bonds. The van der Waals surface area contributed by atoms with Crippen LogP contribution in [-0.2, 0) is 16.0 Å². The minimum Gasteiger partial charge on any atom is -0.223 e. The van der Waals surface area contributed by atoms with Crippen LogP contribution in [0.1, 0.15) is 38.2 Å². The van der Waals surface area contributed by atoms with Crippen LogP contribution >= 0.6 is 0 Å². The lowest BCUT2D eigenvalue weighted by Gasteiger charge is -2.26. The summed E-state index contributed by atoms with van der Waals surface area (Å²) in [6.45, 7) is 2.06. The third-order valence-corrected chi connectivity index (χ3v) is 6.15. The molecule has 1 fully saturated rings. The van der Waals surface area contributed by atoms with E-state index in [2.05, 4.69) is 6.92 Å². The van der Waals surface area contributed by atoms with Gasteiger partial charge in [-0.2, -0.15) is 13.2 Å². The molecule has 0 saturated heterocycles. The van der Waals surface area contributed by atoms with Gasteiger partial charge in [-0.1, -0.05) is 13.0 Å². The van der Waals surface area contributed by atoms with Crippen LogP contribution in [0.4, 0.5) is 13.2 Å². The Morgan fingerprint density at radius 3 is 2.25 bits per heavy atom. The fourth-order valence-corrected chi connectivity index (χ4v) is 4.42. The molecular formula is C14H17F3O2S. The monoisotopic (exact) mass is 306 g/mol. The van der Waals surface area contributed by atoms with E-state index < -0.39 is 26.8 Å². The summed E-state index contributed by atoms with van der Waals surface area (Å²) in [6.07, 6.45) is -1.85. The van der Waals surface area contributed by atoms with Gasteiger partial charge in [-0.25, -0.2) is 8.42 Å². The Labute approximate surface area is 116 Å². The molecule has 0 heterocycles. The standard InChI is InChI=1S/C14H17F3O2S/c1-10-5-7-12(8-6-10)20(18,19)13-4-2-3-11(9-13)14(15,16)17/h2-4,9-10,12H,5-8H2,1H3. The number of hydrogen-bond acceptors (Lipinski definition) is 2. The van der Waals surface area contributed by atoms with E-state index in [0.29, 0.717) is 18.8 Å². The zero-order valence-electron chi connectivity index (χ0n) is 11.2. The van der Waals surface area contributed by atoms with Crippen molar-refractivity contribution in [3.05, 3.63) is 29.8 Å². The molecule has 1 aromatic rings. The first kappa shape index (κ1) is 15.4. The van der Waals surface area contributed by atoms with Crippen LogP contribution in [0.5, 0.6) is 0 Å². The van der Waals surface area contributed by atoms with Crippen molar-refractivity contribution in [2.24, 2.45) is 5.92 Å². The molecule has 0 aromatic heterocycles. The van der Waals surface area contributed by atoms with E-state index in [1.807, 2.05) is 0 Å². The SMILES string of the molecule is CC1CCC(S(=O)(=O)c2cccc(C(F)(F)F)c2)CC1. The quantitative estimate of drug-likeness (QED) is 0.826. The topological polar surface area (TPSA) is 34.1 Å². The average molecular weight is 306 g/mol. The first-order chi connectivity index (χ1) is 9.21. The molecular weight excluding hydrogens is 289 g/mol. The van der Waals surface area contributed by atoms with Gasteiger partial charge >= 0.3 is 6.18 Å². The van der Waals surface area contributed by atoms with Gasteiger partial charge in [0, 0.05) is 0 Å². The van der Waals surface area contributed by atoms with Crippen molar-refractivity contribution in [1.82, 2.24) is 0 Å². The van der Waals surface area contributed by atoms with E-state index in [0.717, 1.165) is 31.0 Å². The second kappa shape index (κ2) is 5.39. The Hall–Kier alpha value is -1.04. The molecule has 1 saturated carbocycles. The molecule has 0 N–H and O–H groups in total. The lowest BCUT2D eigenvalue weighted by atomic mass is 9.91. The lowest BCUT2D eigenvalue weighted by Crippen LogP contribution is -2.26. The van der Waals surface area contributed by atoms with Crippen molar-refractivity contribution in [3.63, 3.8) is 0 Å². The minimum absolute atomic E-state index is 0.216. The van der Waals surface area contributed by atoms with Gasteiger partial charge in [0.05, 0.1) is 15.7 Å². The van der Waals surface area contributed by atoms with Gasteiger partial charge in [-0.3, -0.25) is 0 Å². The van der Waals surface area contributed by atoms with E-state index in [9.17, 15) is 21.6 Å². The van der Waals surface area contributed by atoms with Crippen LogP contribution in [0.2, 0.25) is 0 Å². The van der Waals surface area contributed by atoms with Crippen molar-refractivity contribution >= 4 is 9.84 Å². The zero-order valence-corrected chi connectivity index (χ0v) is 12.0. The van der Waals surface area contributed by atoms with Crippen LogP contribution in [0.15, 0.2) is 29.2 Å². The summed E-state index contributed by atoms with van der Waals surface area (Å²) in [5.41, 5.74) is -0.914. The van der Waals surface area contributed by atoms with Crippen LogP contribution in [-0.4, -0.2) is 13.7 Å². The van der Waals surface area contributed by atoms with Gasteiger partial charge in [-0.15, -0.1) is 0 Å².